The van der Waals surface area contributed by atoms with E-state index in [9.17, 15) is 0 Å². The number of benzene rings is 3. The summed E-state index contributed by atoms with van der Waals surface area (Å²) in [5, 5.41) is 10.2. The smallest absolute Gasteiger partial charge is 0.0981 e. The number of rotatable bonds is 3. The quantitative estimate of drug-likeness (QED) is 0.363. The highest BCUT2D eigenvalue weighted by atomic mass is 31.2. The fraction of sp³-hybridized carbons (Fsp3) is 0. The lowest BCUT2D eigenvalue weighted by Gasteiger charge is -2.27. The summed E-state index contributed by atoms with van der Waals surface area (Å²) in [7, 11) is 0. The first kappa shape index (κ1) is 16.5. The maximum Gasteiger partial charge on any atom is 0.0981 e. The molecule has 0 atom stereocenters. The molecule has 29 heavy (non-hydrogen) atoms. The van der Waals surface area contributed by atoms with Crippen LogP contribution in [-0.2, 0) is 0 Å². The van der Waals surface area contributed by atoms with Crippen LogP contribution in [0.3, 0.4) is 0 Å². The Kier molecular flexibility index (Phi) is 3.44. The Labute approximate surface area is 167 Å². The summed E-state index contributed by atoms with van der Waals surface area (Å²) < 4.78 is 16.2. The van der Waals surface area contributed by atoms with Crippen LogP contribution in [0.25, 0.3) is 32.3 Å². The van der Waals surface area contributed by atoms with Gasteiger partial charge in [0.15, 0.2) is 0 Å². The second kappa shape index (κ2) is 6.04. The molecule has 0 N–H and O–H groups in total. The normalized spacial score (nSPS) is 12.3. The molecule has 3 heterocycles. The number of furan rings is 3. The fourth-order valence-electron chi connectivity index (χ4n) is 4.02. The zero-order valence-electron chi connectivity index (χ0n) is 15.5. The van der Waals surface area contributed by atoms with Gasteiger partial charge in [0.05, 0.1) is 37.6 Å². The van der Waals surface area contributed by atoms with E-state index in [1.165, 1.54) is 15.9 Å². The second-order valence-corrected chi connectivity index (χ2v) is 10.5. The van der Waals surface area contributed by atoms with Crippen LogP contribution in [0, 0.1) is 0 Å². The van der Waals surface area contributed by atoms with E-state index in [0.717, 1.165) is 32.3 Å². The number of hydrogen-bond donors (Lipinski definition) is 0. The lowest BCUT2D eigenvalue weighted by molar-refractivity contribution is 0.572. The molecule has 0 unspecified atom stereocenters. The Morgan fingerprint density at radius 3 is 1.10 bits per heavy atom. The molecular formula is C25H17O3P. The summed E-state index contributed by atoms with van der Waals surface area (Å²) in [6.07, 6.45) is 15.6. The molecule has 0 saturated carbocycles. The van der Waals surface area contributed by atoms with Gasteiger partial charge in [-0.1, -0.05) is 42.7 Å². The molecule has 0 saturated heterocycles. The van der Waals surface area contributed by atoms with E-state index in [1.54, 1.807) is 37.6 Å². The van der Waals surface area contributed by atoms with Crippen molar-refractivity contribution in [3.05, 3.63) is 92.2 Å². The van der Waals surface area contributed by atoms with Crippen molar-refractivity contribution >= 4 is 61.4 Å². The summed E-state index contributed by atoms with van der Waals surface area (Å²) in [5.74, 6) is 0. The van der Waals surface area contributed by atoms with Crippen molar-refractivity contribution in [1.82, 2.24) is 0 Å². The zero-order chi connectivity index (χ0) is 19.4. The van der Waals surface area contributed by atoms with Crippen molar-refractivity contribution in [2.45, 2.75) is 0 Å². The van der Waals surface area contributed by atoms with Crippen LogP contribution in [0.4, 0.5) is 0 Å². The molecule has 0 aliphatic rings. The van der Waals surface area contributed by atoms with Gasteiger partial charge in [0.1, 0.15) is 0 Å². The molecule has 4 heteroatoms. The topological polar surface area (TPSA) is 39.4 Å². The van der Waals surface area contributed by atoms with E-state index in [-0.39, 0.29) is 0 Å². The molecule has 0 bridgehead atoms. The number of hydrogen-bond acceptors (Lipinski definition) is 3. The van der Waals surface area contributed by atoms with E-state index in [0.29, 0.717) is 0 Å². The van der Waals surface area contributed by atoms with Crippen molar-refractivity contribution in [3.8, 4) is 0 Å². The highest BCUT2D eigenvalue weighted by molar-refractivity contribution is 7.93. The standard InChI is InChI=1S/C25H17O3P/c1-29(23-5-2-17-11-26-14-20(17)8-23,24-6-3-18-12-27-15-21(18)9-24)25-7-4-19-13-28-16-22(19)10-25/h2-16H,1H2. The van der Waals surface area contributed by atoms with Crippen molar-refractivity contribution in [2.24, 2.45) is 0 Å². The summed E-state index contributed by atoms with van der Waals surface area (Å²) in [4.78, 5) is 0. The largest absolute Gasteiger partial charge is 0.471 e. The average molecular weight is 396 g/mol. The minimum Gasteiger partial charge on any atom is -0.471 e. The first-order valence-electron chi connectivity index (χ1n) is 9.35. The molecule has 3 aromatic carbocycles. The Morgan fingerprint density at radius 2 is 0.759 bits per heavy atom. The Morgan fingerprint density at radius 1 is 0.448 bits per heavy atom. The molecule has 6 rings (SSSR count). The Hall–Kier alpha value is -3.42. The molecule has 0 aliphatic heterocycles. The SMILES string of the molecule is C=P(c1ccc2cocc2c1)(c1ccc2cocc2c1)c1ccc2cocc2c1. The predicted molar refractivity (Wildman–Crippen MR) is 122 cm³/mol. The second-order valence-electron chi connectivity index (χ2n) is 7.36. The van der Waals surface area contributed by atoms with Crippen LogP contribution in [0.15, 0.2) is 105 Å². The van der Waals surface area contributed by atoms with Gasteiger partial charge >= 0.3 is 0 Å². The molecule has 0 radical (unpaired) electrons. The third kappa shape index (κ3) is 2.45. The summed E-state index contributed by atoms with van der Waals surface area (Å²) in [6.45, 7) is -2.14. The highest BCUT2D eigenvalue weighted by Gasteiger charge is 2.24. The van der Waals surface area contributed by atoms with E-state index in [2.05, 4.69) is 54.6 Å². The van der Waals surface area contributed by atoms with Gasteiger partial charge in [-0.3, -0.25) is 0 Å². The van der Waals surface area contributed by atoms with Crippen molar-refractivity contribution in [2.75, 3.05) is 0 Å². The average Bonchev–Trinajstić information content (AvgIpc) is 3.51. The van der Waals surface area contributed by atoms with Gasteiger partial charge in [-0.25, -0.2) is 0 Å². The molecule has 0 fully saturated rings. The third-order valence-electron chi connectivity index (χ3n) is 5.70. The van der Waals surface area contributed by atoms with Gasteiger partial charge in [0.2, 0.25) is 0 Å². The van der Waals surface area contributed by atoms with Crippen LogP contribution in [0.2, 0.25) is 0 Å². The van der Waals surface area contributed by atoms with Crippen LogP contribution < -0.4 is 15.9 Å². The molecule has 0 aliphatic carbocycles. The van der Waals surface area contributed by atoms with E-state index >= 15 is 0 Å². The monoisotopic (exact) mass is 396 g/mol. The Balaban J connectivity index is 1.66. The minimum absolute atomic E-state index is 1.09. The van der Waals surface area contributed by atoms with Crippen molar-refractivity contribution < 1.29 is 13.3 Å². The van der Waals surface area contributed by atoms with Gasteiger partial charge < -0.3 is 13.3 Å². The van der Waals surface area contributed by atoms with Gasteiger partial charge in [-0.05, 0) is 41.0 Å². The minimum atomic E-state index is -2.14. The van der Waals surface area contributed by atoms with Gasteiger partial charge in [0.25, 0.3) is 0 Å². The maximum absolute atomic E-state index is 5.41. The Bertz CT molecular complexity index is 1360. The molecule has 6 aromatic rings. The van der Waals surface area contributed by atoms with Crippen molar-refractivity contribution in [1.29, 1.82) is 0 Å². The van der Waals surface area contributed by atoms with Gasteiger partial charge in [-0.15, -0.1) is 0 Å². The lowest BCUT2D eigenvalue weighted by Crippen LogP contribution is -2.25. The lowest BCUT2D eigenvalue weighted by atomic mass is 10.2. The molecule has 0 spiro atoms. The van der Waals surface area contributed by atoms with E-state index in [1.807, 2.05) is 0 Å². The van der Waals surface area contributed by atoms with E-state index < -0.39 is 6.89 Å². The predicted octanol–water partition coefficient (Wildman–Crippen LogP) is 5.65. The van der Waals surface area contributed by atoms with E-state index in [4.69, 9.17) is 19.6 Å². The van der Waals surface area contributed by atoms with Crippen LogP contribution in [0.1, 0.15) is 0 Å². The summed E-state index contributed by atoms with van der Waals surface area (Å²) in [5.41, 5.74) is 0. The molecule has 140 valence electrons. The van der Waals surface area contributed by atoms with Crippen LogP contribution >= 0.6 is 6.89 Å². The number of fused-ring (bicyclic) bond motifs is 3. The molecule has 3 nitrogen and oxygen atoms in total. The molecule has 0 amide bonds. The third-order valence-corrected chi connectivity index (χ3v) is 9.18. The summed E-state index contributed by atoms with van der Waals surface area (Å²) >= 11 is 0. The maximum atomic E-state index is 5.41. The van der Waals surface area contributed by atoms with Crippen LogP contribution in [-0.4, -0.2) is 6.30 Å². The molecular weight excluding hydrogens is 379 g/mol. The highest BCUT2D eigenvalue weighted by Crippen LogP contribution is 2.43. The zero-order valence-corrected chi connectivity index (χ0v) is 16.4. The molecule has 3 aromatic heterocycles. The van der Waals surface area contributed by atoms with Gasteiger partial charge in [-0.2, -0.15) is 0 Å². The van der Waals surface area contributed by atoms with Gasteiger partial charge in [0, 0.05) is 32.3 Å². The van der Waals surface area contributed by atoms with Crippen molar-refractivity contribution in [3.63, 3.8) is 0 Å². The summed E-state index contributed by atoms with van der Waals surface area (Å²) in [6, 6.07) is 19.5. The first-order valence-corrected chi connectivity index (χ1v) is 11.3. The first-order chi connectivity index (χ1) is 14.2. The van der Waals surface area contributed by atoms with Crippen LogP contribution in [0.5, 0.6) is 0 Å². The fourth-order valence-corrected chi connectivity index (χ4v) is 6.98.